The minimum Gasteiger partial charge on any atom is -0.496 e. The number of benzene rings is 1. The third kappa shape index (κ3) is 3.43. The molecule has 136 valence electrons. The molecule has 1 atom stereocenters. The summed E-state index contributed by atoms with van der Waals surface area (Å²) in [6.45, 7) is 0.559. The number of ether oxygens (including phenoxy) is 3. The van der Waals surface area contributed by atoms with Crippen molar-refractivity contribution in [2.24, 2.45) is 5.92 Å². The van der Waals surface area contributed by atoms with Gasteiger partial charge in [-0.3, -0.25) is 4.79 Å². The van der Waals surface area contributed by atoms with E-state index in [-0.39, 0.29) is 18.4 Å². The van der Waals surface area contributed by atoms with Crippen LogP contribution in [0.5, 0.6) is 11.5 Å². The number of imide groups is 1. The molecular weight excluding hydrogens is 322 g/mol. The lowest BCUT2D eigenvalue weighted by Crippen LogP contribution is -2.39. The van der Waals surface area contributed by atoms with Gasteiger partial charge in [-0.1, -0.05) is 25.3 Å². The number of carbonyl (C=O) groups is 2. The smallest absolute Gasteiger partial charge is 0.416 e. The van der Waals surface area contributed by atoms with Crippen molar-refractivity contribution < 1.29 is 23.8 Å². The second-order valence-corrected chi connectivity index (χ2v) is 6.56. The number of hydrogen-bond acceptors (Lipinski definition) is 5. The van der Waals surface area contributed by atoms with Gasteiger partial charge in [0, 0.05) is 5.56 Å². The minimum absolute atomic E-state index is 0.167. The van der Waals surface area contributed by atoms with E-state index in [1.54, 1.807) is 14.2 Å². The zero-order valence-corrected chi connectivity index (χ0v) is 14.8. The van der Waals surface area contributed by atoms with E-state index < -0.39 is 12.0 Å². The summed E-state index contributed by atoms with van der Waals surface area (Å²) in [5.74, 6) is 0.737. The van der Waals surface area contributed by atoms with Crippen LogP contribution in [0, 0.1) is 5.92 Å². The van der Waals surface area contributed by atoms with Crippen LogP contribution in [-0.2, 0) is 9.53 Å². The van der Waals surface area contributed by atoms with Crippen molar-refractivity contribution in [3.05, 3.63) is 23.8 Å². The van der Waals surface area contributed by atoms with Gasteiger partial charge < -0.3 is 14.2 Å². The van der Waals surface area contributed by atoms with Crippen molar-refractivity contribution in [3.63, 3.8) is 0 Å². The zero-order chi connectivity index (χ0) is 17.8. The minimum atomic E-state index is -0.556. The maximum absolute atomic E-state index is 13.3. The van der Waals surface area contributed by atoms with Crippen LogP contribution in [0.4, 0.5) is 4.79 Å². The Balaban J connectivity index is 2.05. The van der Waals surface area contributed by atoms with Crippen LogP contribution in [0.3, 0.4) is 0 Å². The molecule has 0 aromatic heterocycles. The van der Waals surface area contributed by atoms with Crippen molar-refractivity contribution in [1.29, 1.82) is 0 Å². The van der Waals surface area contributed by atoms with Crippen molar-refractivity contribution in [2.45, 2.75) is 38.0 Å². The number of nitrogens with zero attached hydrogens (tertiary/aromatic N) is 1. The average Bonchev–Trinajstić information content (AvgIpc) is 3.08. The fraction of sp³-hybridized carbons (Fsp3) is 0.579. The molecule has 1 saturated heterocycles. The first-order chi connectivity index (χ1) is 12.2. The number of methoxy groups -OCH3 is 2. The fourth-order valence-corrected chi connectivity index (χ4v) is 3.98. The Bertz CT molecular complexity index is 616. The maximum Gasteiger partial charge on any atom is 0.416 e. The predicted molar refractivity (Wildman–Crippen MR) is 91.9 cm³/mol. The Morgan fingerprint density at radius 1 is 1.16 bits per heavy atom. The highest BCUT2D eigenvalue weighted by Gasteiger charge is 2.41. The SMILES string of the molecule is COc1cccc(OC)c1C(C(=O)N1CCOC1=O)C1CCCCC1. The highest BCUT2D eigenvalue weighted by Crippen LogP contribution is 2.44. The number of hydrogen-bond donors (Lipinski definition) is 0. The Labute approximate surface area is 148 Å². The lowest BCUT2D eigenvalue weighted by molar-refractivity contribution is -0.131. The van der Waals surface area contributed by atoms with Gasteiger partial charge in [-0.2, -0.15) is 0 Å². The fourth-order valence-electron chi connectivity index (χ4n) is 3.98. The summed E-state index contributed by atoms with van der Waals surface area (Å²) in [5.41, 5.74) is 0.740. The van der Waals surface area contributed by atoms with Gasteiger partial charge in [0.1, 0.15) is 18.1 Å². The topological polar surface area (TPSA) is 65.1 Å². The largest absolute Gasteiger partial charge is 0.496 e. The molecule has 1 aromatic rings. The molecule has 1 heterocycles. The molecular formula is C19H25NO5. The molecule has 1 aromatic carbocycles. The van der Waals surface area contributed by atoms with Crippen molar-refractivity contribution in [3.8, 4) is 11.5 Å². The molecule has 2 fully saturated rings. The monoisotopic (exact) mass is 347 g/mol. The van der Waals surface area contributed by atoms with Crippen LogP contribution in [0.2, 0.25) is 0 Å². The van der Waals surface area contributed by atoms with E-state index in [1.165, 1.54) is 11.3 Å². The van der Waals surface area contributed by atoms with Crippen LogP contribution >= 0.6 is 0 Å². The molecule has 1 unspecified atom stereocenters. The summed E-state index contributed by atoms with van der Waals surface area (Å²) in [4.78, 5) is 26.5. The Morgan fingerprint density at radius 2 is 1.80 bits per heavy atom. The first-order valence-electron chi connectivity index (χ1n) is 8.86. The van der Waals surface area contributed by atoms with E-state index in [1.807, 2.05) is 18.2 Å². The van der Waals surface area contributed by atoms with Gasteiger partial charge in [0.05, 0.1) is 26.7 Å². The van der Waals surface area contributed by atoms with Crippen LogP contribution in [0.1, 0.15) is 43.6 Å². The number of rotatable bonds is 5. The van der Waals surface area contributed by atoms with E-state index in [2.05, 4.69) is 0 Å². The van der Waals surface area contributed by atoms with Crippen molar-refractivity contribution in [1.82, 2.24) is 4.90 Å². The number of carbonyl (C=O) groups excluding carboxylic acids is 2. The highest BCUT2D eigenvalue weighted by molar-refractivity contribution is 5.97. The zero-order valence-electron chi connectivity index (χ0n) is 14.8. The lowest BCUT2D eigenvalue weighted by Gasteiger charge is -2.32. The van der Waals surface area contributed by atoms with Gasteiger partial charge in [0.2, 0.25) is 5.91 Å². The maximum atomic E-state index is 13.3. The lowest BCUT2D eigenvalue weighted by atomic mass is 9.75. The molecule has 6 heteroatoms. The Kier molecular flexibility index (Phi) is 5.46. The molecule has 1 aliphatic carbocycles. The summed E-state index contributed by atoms with van der Waals surface area (Å²) in [6, 6.07) is 5.51. The molecule has 0 bridgehead atoms. The van der Waals surface area contributed by atoms with Crippen molar-refractivity contribution in [2.75, 3.05) is 27.4 Å². The second kappa shape index (κ2) is 7.76. The van der Waals surface area contributed by atoms with Crippen LogP contribution < -0.4 is 9.47 Å². The standard InChI is InChI=1S/C19H25NO5/c1-23-14-9-6-10-15(24-2)17(14)16(13-7-4-3-5-8-13)18(21)20-11-12-25-19(20)22/h6,9-10,13,16H,3-5,7-8,11-12H2,1-2H3. The van der Waals surface area contributed by atoms with Crippen LogP contribution in [-0.4, -0.2) is 44.3 Å². The van der Waals surface area contributed by atoms with Crippen LogP contribution in [0.15, 0.2) is 18.2 Å². The van der Waals surface area contributed by atoms with E-state index in [0.29, 0.717) is 18.0 Å². The molecule has 1 aliphatic heterocycles. The molecule has 3 rings (SSSR count). The van der Waals surface area contributed by atoms with Gasteiger partial charge >= 0.3 is 6.09 Å². The summed E-state index contributed by atoms with van der Waals surface area (Å²) < 4.78 is 16.0. The first kappa shape index (κ1) is 17.6. The number of amides is 2. The van der Waals surface area contributed by atoms with E-state index in [0.717, 1.165) is 31.2 Å². The average molecular weight is 347 g/mol. The summed E-state index contributed by atoms with van der Waals surface area (Å²) in [6.07, 6.45) is 4.74. The Morgan fingerprint density at radius 3 is 2.32 bits per heavy atom. The van der Waals surface area contributed by atoms with E-state index in [9.17, 15) is 9.59 Å². The molecule has 1 saturated carbocycles. The third-order valence-corrected chi connectivity index (χ3v) is 5.19. The van der Waals surface area contributed by atoms with Crippen LogP contribution in [0.25, 0.3) is 0 Å². The van der Waals surface area contributed by atoms with Gasteiger partial charge in [0.15, 0.2) is 0 Å². The third-order valence-electron chi connectivity index (χ3n) is 5.19. The van der Waals surface area contributed by atoms with Gasteiger partial charge in [0.25, 0.3) is 0 Å². The molecule has 0 spiro atoms. The normalized spacial score (nSPS) is 19.4. The summed E-state index contributed by atoms with van der Waals surface area (Å²) >= 11 is 0. The van der Waals surface area contributed by atoms with Crippen molar-refractivity contribution >= 4 is 12.0 Å². The molecule has 25 heavy (non-hydrogen) atoms. The van der Waals surface area contributed by atoms with E-state index >= 15 is 0 Å². The molecule has 2 aliphatic rings. The molecule has 0 N–H and O–H groups in total. The predicted octanol–water partition coefficient (Wildman–Crippen LogP) is 3.35. The van der Waals surface area contributed by atoms with E-state index in [4.69, 9.17) is 14.2 Å². The van der Waals surface area contributed by atoms with Gasteiger partial charge in [-0.05, 0) is 30.9 Å². The molecule has 6 nitrogen and oxygen atoms in total. The highest BCUT2D eigenvalue weighted by atomic mass is 16.6. The molecule has 2 amide bonds. The second-order valence-electron chi connectivity index (χ2n) is 6.56. The van der Waals surface area contributed by atoms with Gasteiger partial charge in [-0.25, -0.2) is 9.69 Å². The summed E-state index contributed by atoms with van der Waals surface area (Å²) in [7, 11) is 3.18. The summed E-state index contributed by atoms with van der Waals surface area (Å²) in [5, 5.41) is 0. The first-order valence-corrected chi connectivity index (χ1v) is 8.86. The number of cyclic esters (lactones) is 1. The Hall–Kier alpha value is -2.24. The molecule has 0 radical (unpaired) electrons. The van der Waals surface area contributed by atoms with Gasteiger partial charge in [-0.15, -0.1) is 0 Å². The quantitative estimate of drug-likeness (QED) is 0.817.